The highest BCUT2D eigenvalue weighted by Crippen LogP contribution is 2.22. The van der Waals surface area contributed by atoms with Gasteiger partial charge in [0.05, 0.1) is 7.11 Å². The molecule has 0 aliphatic rings. The Kier molecular flexibility index (Phi) is 4.11. The van der Waals surface area contributed by atoms with Crippen molar-refractivity contribution in [3.8, 4) is 5.75 Å². The molecule has 0 aliphatic heterocycles. The molecule has 3 nitrogen and oxygen atoms in total. The summed E-state index contributed by atoms with van der Waals surface area (Å²) in [6, 6.07) is 7.39. The third-order valence-corrected chi connectivity index (χ3v) is 2.59. The van der Waals surface area contributed by atoms with Crippen molar-refractivity contribution in [2.75, 3.05) is 7.11 Å². The van der Waals surface area contributed by atoms with Crippen LogP contribution in [0, 0.1) is 0 Å². The van der Waals surface area contributed by atoms with Crippen molar-refractivity contribution >= 4 is 11.5 Å². The van der Waals surface area contributed by atoms with E-state index in [1.165, 1.54) is 0 Å². The summed E-state index contributed by atoms with van der Waals surface area (Å²) in [6.07, 6.45) is 0.521. The van der Waals surface area contributed by atoms with E-state index in [9.17, 15) is 4.79 Å². The smallest absolute Gasteiger partial charge is 0.331 e. The van der Waals surface area contributed by atoms with Gasteiger partial charge in [-0.05, 0) is 36.6 Å². The van der Waals surface area contributed by atoms with Crippen LogP contribution in [0.15, 0.2) is 29.8 Å². The van der Waals surface area contributed by atoms with Crippen LogP contribution < -0.4 is 4.74 Å². The van der Waals surface area contributed by atoms with Crippen molar-refractivity contribution in [1.82, 2.24) is 0 Å². The van der Waals surface area contributed by atoms with Crippen LogP contribution in [0.4, 0.5) is 0 Å². The molecule has 0 saturated heterocycles. The van der Waals surface area contributed by atoms with Crippen molar-refractivity contribution in [2.24, 2.45) is 0 Å². The van der Waals surface area contributed by atoms with Crippen molar-refractivity contribution < 1.29 is 14.6 Å². The molecular weight excluding hydrogens is 204 g/mol. The number of benzene rings is 1. The molecule has 86 valence electrons. The van der Waals surface area contributed by atoms with E-state index in [-0.39, 0.29) is 0 Å². The van der Waals surface area contributed by atoms with E-state index in [1.54, 1.807) is 7.11 Å². The first-order valence-corrected chi connectivity index (χ1v) is 5.17. The molecule has 0 radical (unpaired) electrons. The molecule has 0 aromatic heterocycles. The fourth-order valence-electron chi connectivity index (χ4n) is 1.59. The molecule has 0 fully saturated rings. The molecular formula is C13H16O3. The molecule has 3 heteroatoms. The number of carboxylic acid groups (broad SMARTS) is 1. The minimum atomic E-state index is -0.851. The maximum absolute atomic E-state index is 11.0. The Hall–Kier alpha value is -1.77. The third kappa shape index (κ3) is 2.63. The lowest BCUT2D eigenvalue weighted by Crippen LogP contribution is -2.02. The van der Waals surface area contributed by atoms with Crippen molar-refractivity contribution in [1.29, 1.82) is 0 Å². The van der Waals surface area contributed by atoms with Crippen LogP contribution in [0.1, 0.15) is 25.8 Å². The summed E-state index contributed by atoms with van der Waals surface area (Å²) in [5.74, 6) is -0.0826. The van der Waals surface area contributed by atoms with Gasteiger partial charge in [-0.2, -0.15) is 0 Å². The van der Waals surface area contributed by atoms with Gasteiger partial charge in [0.25, 0.3) is 0 Å². The summed E-state index contributed by atoms with van der Waals surface area (Å²) in [5, 5.41) is 9.02. The first kappa shape index (κ1) is 12.3. The highest BCUT2D eigenvalue weighted by Gasteiger charge is 2.10. The van der Waals surface area contributed by atoms with E-state index in [0.717, 1.165) is 16.9 Å². The standard InChI is InChI=1S/C13H16O3/c1-4-12(13(14)15)9(2)10-5-7-11(16-3)8-6-10/h5-8H,4H2,1-3H3,(H,14,15)/b12-9-. The second kappa shape index (κ2) is 5.35. The van der Waals surface area contributed by atoms with E-state index in [0.29, 0.717) is 12.0 Å². The van der Waals surface area contributed by atoms with Crippen LogP contribution in [0.25, 0.3) is 5.57 Å². The second-order valence-electron chi connectivity index (χ2n) is 3.49. The predicted octanol–water partition coefficient (Wildman–Crippen LogP) is 2.96. The fourth-order valence-corrected chi connectivity index (χ4v) is 1.59. The molecule has 0 bridgehead atoms. The predicted molar refractivity (Wildman–Crippen MR) is 63.5 cm³/mol. The average Bonchev–Trinajstić information content (AvgIpc) is 2.29. The lowest BCUT2D eigenvalue weighted by molar-refractivity contribution is -0.132. The maximum atomic E-state index is 11.0. The Labute approximate surface area is 95.4 Å². The minimum absolute atomic E-state index is 0.449. The Morgan fingerprint density at radius 2 is 1.88 bits per heavy atom. The zero-order valence-corrected chi connectivity index (χ0v) is 9.78. The minimum Gasteiger partial charge on any atom is -0.497 e. The molecule has 0 aliphatic carbocycles. The molecule has 0 spiro atoms. The Bertz CT molecular complexity index is 402. The van der Waals surface area contributed by atoms with Gasteiger partial charge in [0.15, 0.2) is 0 Å². The van der Waals surface area contributed by atoms with Gasteiger partial charge in [0, 0.05) is 5.57 Å². The van der Waals surface area contributed by atoms with Crippen LogP contribution >= 0.6 is 0 Å². The maximum Gasteiger partial charge on any atom is 0.331 e. The van der Waals surface area contributed by atoms with Crippen molar-refractivity contribution in [2.45, 2.75) is 20.3 Å². The van der Waals surface area contributed by atoms with Gasteiger partial charge in [-0.15, -0.1) is 0 Å². The molecule has 0 unspecified atom stereocenters. The molecule has 0 saturated carbocycles. The van der Waals surface area contributed by atoms with Crippen molar-refractivity contribution in [3.05, 3.63) is 35.4 Å². The summed E-state index contributed by atoms with van der Waals surface area (Å²) in [6.45, 7) is 3.67. The zero-order chi connectivity index (χ0) is 12.1. The zero-order valence-electron chi connectivity index (χ0n) is 9.78. The highest BCUT2D eigenvalue weighted by atomic mass is 16.5. The lowest BCUT2D eigenvalue weighted by atomic mass is 10.00. The SMILES string of the molecule is CC/C(C(=O)O)=C(\C)c1ccc(OC)cc1. The summed E-state index contributed by atoms with van der Waals surface area (Å²) in [5.41, 5.74) is 2.17. The number of rotatable bonds is 4. The summed E-state index contributed by atoms with van der Waals surface area (Å²) >= 11 is 0. The largest absolute Gasteiger partial charge is 0.497 e. The molecule has 1 aromatic carbocycles. The molecule has 1 N–H and O–H groups in total. The van der Waals surface area contributed by atoms with Gasteiger partial charge in [0.2, 0.25) is 0 Å². The number of hydrogen-bond acceptors (Lipinski definition) is 2. The number of ether oxygens (including phenoxy) is 1. The number of aliphatic carboxylic acids is 1. The van der Waals surface area contributed by atoms with Gasteiger partial charge in [-0.1, -0.05) is 19.1 Å². The molecule has 0 atom stereocenters. The first-order valence-electron chi connectivity index (χ1n) is 5.17. The van der Waals surface area contributed by atoms with E-state index in [2.05, 4.69) is 0 Å². The third-order valence-electron chi connectivity index (χ3n) is 2.59. The molecule has 0 amide bonds. The molecule has 16 heavy (non-hydrogen) atoms. The molecule has 1 rings (SSSR count). The Morgan fingerprint density at radius 3 is 2.25 bits per heavy atom. The van der Waals surface area contributed by atoms with Crippen LogP contribution in [-0.2, 0) is 4.79 Å². The number of carbonyl (C=O) groups is 1. The van der Waals surface area contributed by atoms with E-state index >= 15 is 0 Å². The quantitative estimate of drug-likeness (QED) is 0.793. The normalized spacial score (nSPS) is 11.9. The number of carboxylic acids is 1. The van der Waals surface area contributed by atoms with Gasteiger partial charge in [-0.25, -0.2) is 4.79 Å². The van der Waals surface area contributed by atoms with Gasteiger partial charge < -0.3 is 9.84 Å². The number of allylic oxidation sites excluding steroid dienone is 1. The monoisotopic (exact) mass is 220 g/mol. The van der Waals surface area contributed by atoms with Crippen LogP contribution in [0.2, 0.25) is 0 Å². The first-order chi connectivity index (χ1) is 7.60. The van der Waals surface area contributed by atoms with Crippen molar-refractivity contribution in [3.63, 3.8) is 0 Å². The average molecular weight is 220 g/mol. The van der Waals surface area contributed by atoms with Gasteiger partial charge in [-0.3, -0.25) is 0 Å². The highest BCUT2D eigenvalue weighted by molar-refractivity contribution is 5.95. The second-order valence-corrected chi connectivity index (χ2v) is 3.49. The van der Waals surface area contributed by atoms with E-state index in [4.69, 9.17) is 9.84 Å². The number of methoxy groups -OCH3 is 1. The molecule has 0 heterocycles. The number of hydrogen-bond donors (Lipinski definition) is 1. The lowest BCUT2D eigenvalue weighted by Gasteiger charge is -2.07. The van der Waals surface area contributed by atoms with Crippen LogP contribution in [0.3, 0.4) is 0 Å². The Morgan fingerprint density at radius 1 is 1.31 bits per heavy atom. The topological polar surface area (TPSA) is 46.5 Å². The van der Waals surface area contributed by atoms with E-state index in [1.807, 2.05) is 38.1 Å². The van der Waals surface area contributed by atoms with Crippen LogP contribution in [-0.4, -0.2) is 18.2 Å². The summed E-state index contributed by atoms with van der Waals surface area (Å²) in [7, 11) is 1.60. The summed E-state index contributed by atoms with van der Waals surface area (Å²) < 4.78 is 5.05. The molecule has 1 aromatic rings. The Balaban J connectivity index is 3.11. The van der Waals surface area contributed by atoms with Gasteiger partial charge in [0.1, 0.15) is 5.75 Å². The van der Waals surface area contributed by atoms with Crippen LogP contribution in [0.5, 0.6) is 5.75 Å². The fraction of sp³-hybridized carbons (Fsp3) is 0.308. The summed E-state index contributed by atoms with van der Waals surface area (Å²) in [4.78, 5) is 11.0. The van der Waals surface area contributed by atoms with Gasteiger partial charge >= 0.3 is 5.97 Å². The van der Waals surface area contributed by atoms with E-state index < -0.39 is 5.97 Å².